The summed E-state index contributed by atoms with van der Waals surface area (Å²) in [6.07, 6.45) is 2.94. The first-order valence-electron chi connectivity index (χ1n) is 10.1. The Bertz CT molecular complexity index is 997. The van der Waals surface area contributed by atoms with Crippen LogP contribution in [0.4, 0.5) is 5.69 Å². The van der Waals surface area contributed by atoms with Crippen LogP contribution in [0.2, 0.25) is 0 Å². The number of carbonyl (C=O) groups is 2. The van der Waals surface area contributed by atoms with Gasteiger partial charge in [-0.2, -0.15) is 4.31 Å². The lowest BCUT2D eigenvalue weighted by Crippen LogP contribution is -2.35. The van der Waals surface area contributed by atoms with Gasteiger partial charge >= 0.3 is 0 Å². The molecule has 2 aromatic carbocycles. The molecule has 1 aliphatic heterocycles. The Balaban J connectivity index is 1.50. The van der Waals surface area contributed by atoms with Crippen LogP contribution in [0.3, 0.4) is 0 Å². The smallest absolute Gasteiger partial charge is 0.251 e. The summed E-state index contributed by atoms with van der Waals surface area (Å²) in [6, 6.07) is 13.5. The maximum absolute atomic E-state index is 12.7. The number of piperidine rings is 1. The van der Waals surface area contributed by atoms with E-state index in [0.717, 1.165) is 24.8 Å². The molecule has 2 N–H and O–H groups in total. The Labute approximate surface area is 177 Å². The van der Waals surface area contributed by atoms with Gasteiger partial charge in [-0.1, -0.05) is 24.6 Å². The number of anilines is 1. The maximum atomic E-state index is 12.7. The van der Waals surface area contributed by atoms with Crippen LogP contribution in [0.5, 0.6) is 0 Å². The van der Waals surface area contributed by atoms with Crippen LogP contribution in [0, 0.1) is 6.92 Å². The van der Waals surface area contributed by atoms with E-state index in [1.54, 1.807) is 24.3 Å². The molecule has 0 spiro atoms. The van der Waals surface area contributed by atoms with Gasteiger partial charge in [0.2, 0.25) is 15.9 Å². The Morgan fingerprint density at radius 1 is 0.967 bits per heavy atom. The number of carbonyl (C=O) groups excluding carboxylic acids is 2. The average molecular weight is 430 g/mol. The minimum Gasteiger partial charge on any atom is -0.352 e. The number of nitrogens with zero attached hydrogens (tertiary/aromatic N) is 1. The molecule has 7 nitrogen and oxygen atoms in total. The standard InChI is InChI=1S/C22H27N3O4S/c1-17-7-3-4-8-20(17)22(27)23-14-13-21(26)24-18-9-11-19(12-10-18)30(28,29)25-15-5-2-6-16-25/h3-4,7-12H,2,5-6,13-16H2,1H3,(H,23,27)(H,24,26). The number of hydrogen-bond acceptors (Lipinski definition) is 4. The lowest BCUT2D eigenvalue weighted by molar-refractivity contribution is -0.116. The summed E-state index contributed by atoms with van der Waals surface area (Å²) in [5.41, 5.74) is 1.98. The fourth-order valence-electron chi connectivity index (χ4n) is 3.40. The molecule has 3 rings (SSSR count). The number of benzene rings is 2. The van der Waals surface area contributed by atoms with Gasteiger partial charge in [0.15, 0.2) is 0 Å². The molecule has 0 radical (unpaired) electrons. The molecule has 0 bridgehead atoms. The monoisotopic (exact) mass is 429 g/mol. The molecule has 1 saturated heterocycles. The van der Waals surface area contributed by atoms with E-state index < -0.39 is 10.0 Å². The normalized spacial score (nSPS) is 14.8. The van der Waals surface area contributed by atoms with Crippen LogP contribution in [0.15, 0.2) is 53.4 Å². The van der Waals surface area contributed by atoms with Crippen molar-refractivity contribution in [2.24, 2.45) is 0 Å². The van der Waals surface area contributed by atoms with Gasteiger partial charge in [-0.05, 0) is 55.7 Å². The third-order valence-corrected chi connectivity index (χ3v) is 7.03. The van der Waals surface area contributed by atoms with Crippen molar-refractivity contribution in [2.75, 3.05) is 25.0 Å². The molecule has 1 heterocycles. The molecule has 8 heteroatoms. The quantitative estimate of drug-likeness (QED) is 0.707. The van der Waals surface area contributed by atoms with Crippen molar-refractivity contribution in [2.45, 2.75) is 37.5 Å². The van der Waals surface area contributed by atoms with E-state index in [4.69, 9.17) is 0 Å². The average Bonchev–Trinajstić information content (AvgIpc) is 2.75. The highest BCUT2D eigenvalue weighted by Gasteiger charge is 2.25. The van der Waals surface area contributed by atoms with Crippen LogP contribution in [0.1, 0.15) is 41.6 Å². The van der Waals surface area contributed by atoms with Gasteiger partial charge < -0.3 is 10.6 Å². The van der Waals surface area contributed by atoms with Crippen LogP contribution >= 0.6 is 0 Å². The lowest BCUT2D eigenvalue weighted by atomic mass is 10.1. The second-order valence-corrected chi connectivity index (χ2v) is 9.30. The van der Waals surface area contributed by atoms with Gasteiger partial charge in [-0.25, -0.2) is 8.42 Å². The van der Waals surface area contributed by atoms with Crippen molar-refractivity contribution in [3.8, 4) is 0 Å². The van der Waals surface area contributed by atoms with Crippen LogP contribution in [-0.4, -0.2) is 44.2 Å². The number of aryl methyl sites for hydroxylation is 1. The molecular formula is C22H27N3O4S. The fourth-order valence-corrected chi connectivity index (χ4v) is 4.92. The predicted octanol–water partition coefficient (Wildman–Crippen LogP) is 2.93. The number of amides is 2. The molecule has 0 atom stereocenters. The van der Waals surface area contributed by atoms with E-state index in [1.807, 2.05) is 19.1 Å². The maximum Gasteiger partial charge on any atom is 0.251 e. The highest BCUT2D eigenvalue weighted by atomic mass is 32.2. The largest absolute Gasteiger partial charge is 0.352 e. The fraction of sp³-hybridized carbons (Fsp3) is 0.364. The molecule has 0 aliphatic carbocycles. The summed E-state index contributed by atoms with van der Waals surface area (Å²) in [5.74, 6) is -0.472. The van der Waals surface area contributed by atoms with E-state index in [9.17, 15) is 18.0 Å². The summed E-state index contributed by atoms with van der Waals surface area (Å²) < 4.78 is 26.8. The van der Waals surface area contributed by atoms with E-state index in [0.29, 0.717) is 24.3 Å². The third-order valence-electron chi connectivity index (χ3n) is 5.12. The van der Waals surface area contributed by atoms with E-state index in [2.05, 4.69) is 10.6 Å². The zero-order valence-electron chi connectivity index (χ0n) is 17.1. The summed E-state index contributed by atoms with van der Waals surface area (Å²) in [6.45, 7) is 3.17. The molecule has 160 valence electrons. The Morgan fingerprint density at radius 3 is 2.30 bits per heavy atom. The molecule has 0 saturated carbocycles. The molecule has 0 aromatic heterocycles. The Hall–Kier alpha value is -2.71. The van der Waals surface area contributed by atoms with Gasteiger partial charge in [-0.3, -0.25) is 9.59 Å². The summed E-state index contributed by atoms with van der Waals surface area (Å²) in [7, 11) is -3.49. The number of hydrogen-bond donors (Lipinski definition) is 2. The molecular weight excluding hydrogens is 402 g/mol. The van der Waals surface area contributed by atoms with Gasteiger partial charge in [0.25, 0.3) is 5.91 Å². The Kier molecular flexibility index (Phi) is 7.23. The Morgan fingerprint density at radius 2 is 1.63 bits per heavy atom. The van der Waals surface area contributed by atoms with Crippen molar-refractivity contribution in [3.63, 3.8) is 0 Å². The minimum atomic E-state index is -3.49. The molecule has 0 unspecified atom stereocenters. The first-order chi connectivity index (χ1) is 14.4. The third kappa shape index (κ3) is 5.46. The minimum absolute atomic E-state index is 0.117. The first-order valence-corrected chi connectivity index (χ1v) is 11.6. The predicted molar refractivity (Wildman–Crippen MR) is 116 cm³/mol. The summed E-state index contributed by atoms with van der Waals surface area (Å²) in [4.78, 5) is 24.5. The van der Waals surface area contributed by atoms with E-state index in [1.165, 1.54) is 16.4 Å². The lowest BCUT2D eigenvalue weighted by Gasteiger charge is -2.25. The van der Waals surface area contributed by atoms with Gasteiger partial charge in [0.05, 0.1) is 4.90 Å². The second kappa shape index (κ2) is 9.86. The molecule has 1 fully saturated rings. The first kappa shape index (κ1) is 22.0. The van der Waals surface area contributed by atoms with Crippen LogP contribution < -0.4 is 10.6 Å². The van der Waals surface area contributed by atoms with E-state index >= 15 is 0 Å². The topological polar surface area (TPSA) is 95.6 Å². The van der Waals surface area contributed by atoms with Crippen molar-refractivity contribution in [1.82, 2.24) is 9.62 Å². The number of nitrogens with one attached hydrogen (secondary N) is 2. The van der Waals surface area contributed by atoms with E-state index in [-0.39, 0.29) is 29.7 Å². The molecule has 2 amide bonds. The molecule has 2 aromatic rings. The van der Waals surface area contributed by atoms with Crippen LogP contribution in [0.25, 0.3) is 0 Å². The number of rotatable bonds is 7. The second-order valence-electron chi connectivity index (χ2n) is 7.36. The molecule has 30 heavy (non-hydrogen) atoms. The van der Waals surface area contributed by atoms with Crippen molar-refractivity contribution in [3.05, 3.63) is 59.7 Å². The zero-order chi connectivity index (χ0) is 21.6. The summed E-state index contributed by atoms with van der Waals surface area (Å²) in [5, 5.41) is 5.46. The van der Waals surface area contributed by atoms with Crippen molar-refractivity contribution < 1.29 is 18.0 Å². The molecule has 1 aliphatic rings. The van der Waals surface area contributed by atoms with Crippen molar-refractivity contribution >= 4 is 27.5 Å². The van der Waals surface area contributed by atoms with Crippen molar-refractivity contribution in [1.29, 1.82) is 0 Å². The summed E-state index contributed by atoms with van der Waals surface area (Å²) >= 11 is 0. The van der Waals surface area contributed by atoms with Gasteiger partial charge in [0.1, 0.15) is 0 Å². The highest BCUT2D eigenvalue weighted by molar-refractivity contribution is 7.89. The SMILES string of the molecule is Cc1ccccc1C(=O)NCCC(=O)Nc1ccc(S(=O)(=O)N2CCCCC2)cc1. The zero-order valence-corrected chi connectivity index (χ0v) is 17.9. The van der Waals surface area contributed by atoms with Crippen LogP contribution in [-0.2, 0) is 14.8 Å². The highest BCUT2D eigenvalue weighted by Crippen LogP contribution is 2.22. The van der Waals surface area contributed by atoms with Gasteiger partial charge in [-0.15, -0.1) is 0 Å². The number of sulfonamides is 1. The van der Waals surface area contributed by atoms with Gasteiger partial charge in [0, 0.05) is 37.3 Å².